The van der Waals surface area contributed by atoms with Gasteiger partial charge in [0, 0.05) is 13.2 Å². The molecule has 0 unspecified atom stereocenters. The molecule has 0 fully saturated rings. The minimum Gasteiger partial charge on any atom is -0.396 e. The molecule has 0 aliphatic carbocycles. The van der Waals surface area contributed by atoms with E-state index in [1.807, 2.05) is 0 Å². The zero-order chi connectivity index (χ0) is 11.3. The fraction of sp³-hybridized carbons (Fsp3) is 0.600. The van der Waals surface area contributed by atoms with E-state index in [2.05, 4.69) is 29.1 Å². The van der Waals surface area contributed by atoms with Gasteiger partial charge in [0.15, 0.2) is 0 Å². The maximum absolute atomic E-state index is 8.87. The lowest BCUT2D eigenvalue weighted by Crippen LogP contribution is -2.24. The maximum atomic E-state index is 8.87. The molecule has 84 valence electrons. The van der Waals surface area contributed by atoms with E-state index in [9.17, 15) is 0 Å². The molecular weight excluding hydrogens is 214 g/mol. The van der Waals surface area contributed by atoms with Crippen LogP contribution in [-0.2, 0) is 0 Å². The van der Waals surface area contributed by atoms with Gasteiger partial charge in [0.25, 0.3) is 0 Å². The Hall–Kier alpha value is -0.870. The zero-order valence-corrected chi connectivity index (χ0v) is 9.75. The third-order valence-corrected chi connectivity index (χ3v) is 2.32. The SMILES string of the molecule is CC(C)(CCO)CNc1cncc(Cl)n1. The summed E-state index contributed by atoms with van der Waals surface area (Å²) in [6, 6.07) is 0. The van der Waals surface area contributed by atoms with Crippen LogP contribution in [0.2, 0.25) is 5.15 Å². The van der Waals surface area contributed by atoms with Crippen molar-refractivity contribution in [3.63, 3.8) is 0 Å². The number of halogens is 1. The molecule has 0 radical (unpaired) electrons. The summed E-state index contributed by atoms with van der Waals surface area (Å²) in [5, 5.41) is 12.4. The maximum Gasteiger partial charge on any atom is 0.149 e. The van der Waals surface area contributed by atoms with E-state index in [0.717, 1.165) is 13.0 Å². The molecule has 0 aromatic carbocycles. The average Bonchev–Trinajstić information content (AvgIpc) is 2.15. The Morgan fingerprint density at radius 1 is 1.47 bits per heavy atom. The van der Waals surface area contributed by atoms with Crippen LogP contribution in [-0.4, -0.2) is 28.2 Å². The second-order valence-electron chi connectivity index (χ2n) is 4.22. The Labute approximate surface area is 94.7 Å². The summed E-state index contributed by atoms with van der Waals surface area (Å²) in [5.41, 5.74) is 0.0265. The van der Waals surface area contributed by atoms with E-state index in [-0.39, 0.29) is 12.0 Å². The second kappa shape index (κ2) is 5.28. The number of aliphatic hydroxyl groups is 1. The molecule has 0 bridgehead atoms. The van der Waals surface area contributed by atoms with E-state index < -0.39 is 0 Å². The molecule has 0 aliphatic rings. The normalized spacial score (nSPS) is 11.5. The molecule has 1 heterocycles. The summed E-state index contributed by atoms with van der Waals surface area (Å²) in [4.78, 5) is 7.99. The van der Waals surface area contributed by atoms with Crippen LogP contribution in [0, 0.1) is 5.41 Å². The van der Waals surface area contributed by atoms with E-state index >= 15 is 0 Å². The summed E-state index contributed by atoms with van der Waals surface area (Å²) in [5.74, 6) is 0.661. The van der Waals surface area contributed by atoms with Gasteiger partial charge in [-0.05, 0) is 11.8 Å². The zero-order valence-electron chi connectivity index (χ0n) is 9.00. The molecule has 4 nitrogen and oxygen atoms in total. The Morgan fingerprint density at radius 2 is 2.20 bits per heavy atom. The van der Waals surface area contributed by atoms with Crippen molar-refractivity contribution in [2.24, 2.45) is 5.41 Å². The summed E-state index contributed by atoms with van der Waals surface area (Å²) >= 11 is 5.70. The Bertz CT molecular complexity index is 317. The monoisotopic (exact) mass is 229 g/mol. The van der Waals surface area contributed by atoms with Crippen molar-refractivity contribution in [3.05, 3.63) is 17.5 Å². The van der Waals surface area contributed by atoms with Gasteiger partial charge in [-0.3, -0.25) is 4.98 Å². The smallest absolute Gasteiger partial charge is 0.149 e. The van der Waals surface area contributed by atoms with Crippen LogP contribution >= 0.6 is 11.6 Å². The van der Waals surface area contributed by atoms with E-state index in [0.29, 0.717) is 11.0 Å². The molecule has 0 saturated heterocycles. The van der Waals surface area contributed by atoms with Crippen molar-refractivity contribution in [1.29, 1.82) is 0 Å². The number of aliphatic hydroxyl groups excluding tert-OH is 1. The molecule has 2 N–H and O–H groups in total. The summed E-state index contributed by atoms with van der Waals surface area (Å²) < 4.78 is 0. The molecule has 1 aromatic rings. The lowest BCUT2D eigenvalue weighted by atomic mass is 9.90. The van der Waals surface area contributed by atoms with Crippen LogP contribution in [0.4, 0.5) is 5.82 Å². The molecule has 1 rings (SSSR count). The molecule has 0 atom stereocenters. The molecule has 5 heteroatoms. The van der Waals surface area contributed by atoms with E-state index in [1.54, 1.807) is 6.20 Å². The molecule has 15 heavy (non-hydrogen) atoms. The first-order valence-corrected chi connectivity index (χ1v) is 5.23. The van der Waals surface area contributed by atoms with Crippen LogP contribution in [0.3, 0.4) is 0 Å². The lowest BCUT2D eigenvalue weighted by molar-refractivity contribution is 0.220. The third-order valence-electron chi connectivity index (χ3n) is 2.14. The summed E-state index contributed by atoms with van der Waals surface area (Å²) in [6.45, 7) is 5.07. The van der Waals surface area contributed by atoms with Crippen LogP contribution in [0.1, 0.15) is 20.3 Å². The predicted molar refractivity (Wildman–Crippen MR) is 61.0 cm³/mol. The third kappa shape index (κ3) is 4.44. The lowest BCUT2D eigenvalue weighted by Gasteiger charge is -2.23. The van der Waals surface area contributed by atoms with Crippen LogP contribution in [0.5, 0.6) is 0 Å². The predicted octanol–water partition coefficient (Wildman–Crippen LogP) is 1.95. The van der Waals surface area contributed by atoms with Crippen molar-refractivity contribution in [3.8, 4) is 0 Å². The highest BCUT2D eigenvalue weighted by molar-refractivity contribution is 6.29. The quantitative estimate of drug-likeness (QED) is 0.811. The van der Waals surface area contributed by atoms with Crippen molar-refractivity contribution >= 4 is 17.4 Å². The van der Waals surface area contributed by atoms with Gasteiger partial charge in [0.2, 0.25) is 0 Å². The Morgan fingerprint density at radius 3 is 2.80 bits per heavy atom. The van der Waals surface area contributed by atoms with Gasteiger partial charge in [-0.15, -0.1) is 0 Å². The molecule has 0 spiro atoms. The summed E-state index contributed by atoms with van der Waals surface area (Å²) in [7, 11) is 0. The Kier molecular flexibility index (Phi) is 4.29. The van der Waals surface area contributed by atoms with Gasteiger partial charge in [0.1, 0.15) is 11.0 Å². The Balaban J connectivity index is 2.49. The second-order valence-corrected chi connectivity index (χ2v) is 4.61. The van der Waals surface area contributed by atoms with Crippen LogP contribution in [0.25, 0.3) is 0 Å². The molecule has 0 amide bonds. The van der Waals surface area contributed by atoms with Gasteiger partial charge in [-0.25, -0.2) is 4.98 Å². The van der Waals surface area contributed by atoms with Gasteiger partial charge < -0.3 is 10.4 Å². The molecular formula is C10H16ClN3O. The first-order valence-electron chi connectivity index (χ1n) is 4.86. The molecule has 0 aliphatic heterocycles. The topological polar surface area (TPSA) is 58.0 Å². The van der Waals surface area contributed by atoms with Crippen LogP contribution in [0.15, 0.2) is 12.4 Å². The van der Waals surface area contributed by atoms with Crippen LogP contribution < -0.4 is 5.32 Å². The van der Waals surface area contributed by atoms with E-state index in [1.165, 1.54) is 6.20 Å². The highest BCUT2D eigenvalue weighted by atomic mass is 35.5. The number of hydrogen-bond acceptors (Lipinski definition) is 4. The van der Waals surface area contributed by atoms with Gasteiger partial charge in [-0.2, -0.15) is 0 Å². The fourth-order valence-electron chi connectivity index (χ4n) is 1.15. The number of nitrogens with zero attached hydrogens (tertiary/aromatic N) is 2. The largest absolute Gasteiger partial charge is 0.396 e. The first kappa shape index (κ1) is 12.2. The number of aromatic nitrogens is 2. The number of rotatable bonds is 5. The van der Waals surface area contributed by atoms with Gasteiger partial charge in [-0.1, -0.05) is 25.4 Å². The molecule has 1 aromatic heterocycles. The number of anilines is 1. The van der Waals surface area contributed by atoms with Gasteiger partial charge in [0.05, 0.1) is 12.4 Å². The summed E-state index contributed by atoms with van der Waals surface area (Å²) in [6.07, 6.45) is 3.86. The first-order chi connectivity index (χ1) is 7.03. The minimum atomic E-state index is 0.0265. The number of nitrogens with one attached hydrogen (secondary N) is 1. The fourth-order valence-corrected chi connectivity index (χ4v) is 1.30. The van der Waals surface area contributed by atoms with Crippen molar-refractivity contribution < 1.29 is 5.11 Å². The standard InChI is InChI=1S/C10H16ClN3O/c1-10(2,3-4-15)7-13-9-6-12-5-8(11)14-9/h5-6,15H,3-4,7H2,1-2H3,(H,13,14). The number of hydrogen-bond donors (Lipinski definition) is 2. The average molecular weight is 230 g/mol. The van der Waals surface area contributed by atoms with Crippen molar-refractivity contribution in [1.82, 2.24) is 9.97 Å². The highest BCUT2D eigenvalue weighted by Gasteiger charge is 2.16. The van der Waals surface area contributed by atoms with Crippen molar-refractivity contribution in [2.45, 2.75) is 20.3 Å². The van der Waals surface area contributed by atoms with Gasteiger partial charge >= 0.3 is 0 Å². The van der Waals surface area contributed by atoms with E-state index in [4.69, 9.17) is 16.7 Å². The highest BCUT2D eigenvalue weighted by Crippen LogP contribution is 2.20. The van der Waals surface area contributed by atoms with Crippen molar-refractivity contribution in [2.75, 3.05) is 18.5 Å². The minimum absolute atomic E-state index is 0.0265. The molecule has 0 saturated carbocycles.